The first-order valence-corrected chi connectivity index (χ1v) is 8.20. The topological polar surface area (TPSA) is 60.2 Å². The second kappa shape index (κ2) is 8.84. The van der Waals surface area contributed by atoms with Gasteiger partial charge in [0.25, 0.3) is 0 Å². The molecule has 1 aromatic carbocycles. The summed E-state index contributed by atoms with van der Waals surface area (Å²) in [6.07, 6.45) is 2.29. The van der Waals surface area contributed by atoms with Gasteiger partial charge in [0.05, 0.1) is 21.3 Å². The Labute approximate surface area is 139 Å². The lowest BCUT2D eigenvalue weighted by atomic mass is 10.2. The molecule has 0 aliphatic carbocycles. The average Bonchev–Trinajstić information content (AvgIpc) is 2.61. The minimum Gasteiger partial charge on any atom is -0.493 e. The molecule has 0 aromatic heterocycles. The van der Waals surface area contributed by atoms with E-state index in [-0.39, 0.29) is 0 Å². The minimum absolute atomic E-state index is 0.638. The Morgan fingerprint density at radius 1 is 0.913 bits per heavy atom. The van der Waals surface area contributed by atoms with Crippen LogP contribution in [0.2, 0.25) is 0 Å². The molecule has 0 unspecified atom stereocenters. The van der Waals surface area contributed by atoms with Crippen LogP contribution in [0, 0.1) is 0 Å². The summed E-state index contributed by atoms with van der Waals surface area (Å²) in [4.78, 5) is 4.87. The summed E-state index contributed by atoms with van der Waals surface area (Å²) >= 11 is 0. The number of rotatable bonds is 8. The number of hydrogen-bond donors (Lipinski definition) is 1. The first-order chi connectivity index (χ1) is 11.2. The van der Waals surface area contributed by atoms with Gasteiger partial charge < -0.3 is 24.8 Å². The molecule has 1 fully saturated rings. The molecule has 2 N–H and O–H groups in total. The molecular formula is C17H29N3O3. The molecule has 0 atom stereocenters. The standard InChI is InChI=1S/C17H29N3O3/c1-21-15-12-14(13-16(22-2)17(15)23-3)20-10-8-19(9-11-20)7-5-4-6-18/h12-13H,4-11,18H2,1-3H3. The van der Waals surface area contributed by atoms with Gasteiger partial charge in [-0.25, -0.2) is 0 Å². The Hall–Kier alpha value is -1.66. The highest BCUT2D eigenvalue weighted by Gasteiger charge is 2.20. The van der Waals surface area contributed by atoms with E-state index in [2.05, 4.69) is 9.80 Å². The monoisotopic (exact) mass is 323 g/mol. The van der Waals surface area contributed by atoms with Gasteiger partial charge in [0.1, 0.15) is 0 Å². The van der Waals surface area contributed by atoms with E-state index in [9.17, 15) is 0 Å². The molecule has 0 spiro atoms. The fraction of sp³-hybridized carbons (Fsp3) is 0.647. The molecule has 1 aliphatic heterocycles. The second-order valence-electron chi connectivity index (χ2n) is 5.71. The third-order valence-electron chi connectivity index (χ3n) is 4.32. The lowest BCUT2D eigenvalue weighted by Gasteiger charge is -2.36. The molecule has 1 aromatic rings. The van der Waals surface area contributed by atoms with Crippen LogP contribution < -0.4 is 24.8 Å². The molecule has 130 valence electrons. The van der Waals surface area contributed by atoms with Crippen molar-refractivity contribution in [3.05, 3.63) is 12.1 Å². The van der Waals surface area contributed by atoms with Crippen molar-refractivity contribution in [2.75, 3.05) is 65.5 Å². The van der Waals surface area contributed by atoms with Gasteiger partial charge in [0.2, 0.25) is 5.75 Å². The van der Waals surface area contributed by atoms with Gasteiger partial charge in [-0.3, -0.25) is 4.90 Å². The van der Waals surface area contributed by atoms with E-state index in [4.69, 9.17) is 19.9 Å². The van der Waals surface area contributed by atoms with Crippen LogP contribution in [0.5, 0.6) is 17.2 Å². The predicted molar refractivity (Wildman–Crippen MR) is 93.0 cm³/mol. The maximum Gasteiger partial charge on any atom is 0.203 e. The number of unbranched alkanes of at least 4 members (excludes halogenated alkanes) is 1. The first kappa shape index (κ1) is 17.7. The SMILES string of the molecule is COc1cc(N2CCN(CCCCN)CC2)cc(OC)c1OC. The zero-order valence-electron chi connectivity index (χ0n) is 14.5. The first-order valence-electron chi connectivity index (χ1n) is 8.20. The maximum absolute atomic E-state index is 5.56. The van der Waals surface area contributed by atoms with E-state index in [1.54, 1.807) is 21.3 Å². The van der Waals surface area contributed by atoms with Crippen LogP contribution in [0.15, 0.2) is 12.1 Å². The minimum atomic E-state index is 0.638. The quantitative estimate of drug-likeness (QED) is 0.733. The van der Waals surface area contributed by atoms with E-state index in [1.165, 1.54) is 6.42 Å². The molecular weight excluding hydrogens is 294 g/mol. The zero-order valence-corrected chi connectivity index (χ0v) is 14.5. The van der Waals surface area contributed by atoms with Crippen molar-refractivity contribution < 1.29 is 14.2 Å². The molecule has 1 aliphatic rings. The highest BCUT2D eigenvalue weighted by molar-refractivity contribution is 5.63. The summed E-state index contributed by atoms with van der Waals surface area (Å²) < 4.78 is 16.3. The Bertz CT molecular complexity index is 463. The van der Waals surface area contributed by atoms with E-state index in [0.717, 1.165) is 51.4 Å². The molecule has 23 heavy (non-hydrogen) atoms. The number of ether oxygens (including phenoxy) is 3. The van der Waals surface area contributed by atoms with Gasteiger partial charge >= 0.3 is 0 Å². The van der Waals surface area contributed by atoms with Gasteiger partial charge in [0.15, 0.2) is 11.5 Å². The van der Waals surface area contributed by atoms with Crippen LogP contribution in [0.4, 0.5) is 5.69 Å². The van der Waals surface area contributed by atoms with E-state index in [1.807, 2.05) is 12.1 Å². The van der Waals surface area contributed by atoms with Gasteiger partial charge in [-0.1, -0.05) is 0 Å². The molecule has 0 amide bonds. The zero-order chi connectivity index (χ0) is 16.7. The van der Waals surface area contributed by atoms with Crippen LogP contribution in [0.25, 0.3) is 0 Å². The highest BCUT2D eigenvalue weighted by Crippen LogP contribution is 2.41. The Morgan fingerprint density at radius 2 is 1.52 bits per heavy atom. The van der Waals surface area contributed by atoms with Crippen LogP contribution in [0.3, 0.4) is 0 Å². The number of anilines is 1. The molecule has 0 bridgehead atoms. The maximum atomic E-state index is 5.56. The highest BCUT2D eigenvalue weighted by atomic mass is 16.5. The lowest BCUT2D eigenvalue weighted by Crippen LogP contribution is -2.46. The number of piperazine rings is 1. The molecule has 1 heterocycles. The van der Waals surface area contributed by atoms with Crippen molar-refractivity contribution in [2.45, 2.75) is 12.8 Å². The number of nitrogens with two attached hydrogens (primary N) is 1. The summed E-state index contributed by atoms with van der Waals surface area (Å²) in [5, 5.41) is 0. The van der Waals surface area contributed by atoms with Gasteiger partial charge in [-0.05, 0) is 25.9 Å². The fourth-order valence-corrected chi connectivity index (χ4v) is 2.96. The number of benzene rings is 1. The molecule has 1 saturated heterocycles. The van der Waals surface area contributed by atoms with Crippen molar-refractivity contribution in [1.82, 2.24) is 4.90 Å². The number of nitrogens with zero attached hydrogens (tertiary/aromatic N) is 2. The Kier molecular flexibility index (Phi) is 6.80. The van der Waals surface area contributed by atoms with E-state index in [0.29, 0.717) is 17.2 Å². The van der Waals surface area contributed by atoms with Crippen molar-refractivity contribution >= 4 is 5.69 Å². The molecule has 0 saturated carbocycles. The normalized spacial score (nSPS) is 15.6. The fourth-order valence-electron chi connectivity index (χ4n) is 2.96. The van der Waals surface area contributed by atoms with Crippen molar-refractivity contribution in [2.24, 2.45) is 5.73 Å². The van der Waals surface area contributed by atoms with Gasteiger partial charge in [0, 0.05) is 44.0 Å². The summed E-state index contributed by atoms with van der Waals surface area (Å²) in [6.45, 7) is 6.07. The number of hydrogen-bond acceptors (Lipinski definition) is 6. The predicted octanol–water partition coefficient (Wildman–Crippen LogP) is 1.57. The van der Waals surface area contributed by atoms with Gasteiger partial charge in [-0.15, -0.1) is 0 Å². The van der Waals surface area contributed by atoms with Crippen LogP contribution in [-0.4, -0.2) is 65.5 Å². The smallest absolute Gasteiger partial charge is 0.203 e. The summed E-state index contributed by atoms with van der Waals surface area (Å²) in [5.41, 5.74) is 6.67. The lowest BCUT2D eigenvalue weighted by molar-refractivity contribution is 0.253. The summed E-state index contributed by atoms with van der Waals surface area (Å²) in [7, 11) is 4.92. The van der Waals surface area contributed by atoms with Crippen molar-refractivity contribution in [1.29, 1.82) is 0 Å². The average molecular weight is 323 g/mol. The summed E-state index contributed by atoms with van der Waals surface area (Å²) in [5.74, 6) is 2.04. The van der Waals surface area contributed by atoms with Crippen molar-refractivity contribution in [3.8, 4) is 17.2 Å². The third kappa shape index (κ3) is 4.42. The Balaban J connectivity index is 2.03. The largest absolute Gasteiger partial charge is 0.493 e. The van der Waals surface area contributed by atoms with Crippen molar-refractivity contribution in [3.63, 3.8) is 0 Å². The van der Waals surface area contributed by atoms with E-state index < -0.39 is 0 Å². The van der Waals surface area contributed by atoms with Gasteiger partial charge in [-0.2, -0.15) is 0 Å². The number of methoxy groups -OCH3 is 3. The second-order valence-corrected chi connectivity index (χ2v) is 5.71. The third-order valence-corrected chi connectivity index (χ3v) is 4.32. The van der Waals surface area contributed by atoms with E-state index >= 15 is 0 Å². The van der Waals surface area contributed by atoms with Crippen LogP contribution in [-0.2, 0) is 0 Å². The molecule has 0 radical (unpaired) electrons. The van der Waals surface area contributed by atoms with Crippen LogP contribution in [0.1, 0.15) is 12.8 Å². The van der Waals surface area contributed by atoms with Crippen LogP contribution >= 0.6 is 0 Å². The summed E-state index contributed by atoms with van der Waals surface area (Å²) in [6, 6.07) is 4.04. The molecule has 6 heteroatoms. The molecule has 2 rings (SSSR count). The Morgan fingerprint density at radius 3 is 2.00 bits per heavy atom. The molecule has 6 nitrogen and oxygen atoms in total.